The van der Waals surface area contributed by atoms with Crippen molar-refractivity contribution in [2.45, 2.75) is 58.6 Å². The Kier molecular flexibility index (Phi) is 9.44. The highest BCUT2D eigenvalue weighted by atomic mass is 16.6. The van der Waals surface area contributed by atoms with Crippen molar-refractivity contribution in [2.24, 2.45) is 4.99 Å². The first-order valence-corrected chi connectivity index (χ1v) is 9.93. The SMILES string of the molecule is CCC(CC)(CNC(=NC)NCC(=O)Nc1ccccc1)NC(=O)OC(C)(C)C. The highest BCUT2D eigenvalue weighted by Crippen LogP contribution is 2.16. The lowest BCUT2D eigenvalue weighted by Crippen LogP contribution is -2.57. The van der Waals surface area contributed by atoms with E-state index in [1.807, 2.05) is 65.0 Å². The van der Waals surface area contributed by atoms with Crippen LogP contribution in [0.25, 0.3) is 0 Å². The van der Waals surface area contributed by atoms with Gasteiger partial charge in [0.25, 0.3) is 0 Å². The monoisotopic (exact) mass is 405 g/mol. The number of aliphatic imine (C=N–C) groups is 1. The van der Waals surface area contributed by atoms with E-state index in [1.54, 1.807) is 7.05 Å². The molecule has 0 aliphatic carbocycles. The molecule has 162 valence electrons. The summed E-state index contributed by atoms with van der Waals surface area (Å²) in [5.41, 5.74) is -0.319. The van der Waals surface area contributed by atoms with Crippen LogP contribution >= 0.6 is 0 Å². The molecule has 0 bridgehead atoms. The number of benzene rings is 1. The summed E-state index contributed by atoms with van der Waals surface area (Å²) in [6, 6.07) is 9.25. The van der Waals surface area contributed by atoms with E-state index in [-0.39, 0.29) is 12.5 Å². The topological polar surface area (TPSA) is 104 Å². The Morgan fingerprint density at radius 3 is 2.17 bits per heavy atom. The second kappa shape index (κ2) is 11.3. The van der Waals surface area contributed by atoms with Gasteiger partial charge in [-0.3, -0.25) is 9.79 Å². The summed E-state index contributed by atoms with van der Waals surface area (Å²) in [4.78, 5) is 28.5. The van der Waals surface area contributed by atoms with E-state index in [2.05, 4.69) is 26.3 Å². The van der Waals surface area contributed by atoms with Crippen LogP contribution in [0.15, 0.2) is 35.3 Å². The average molecular weight is 406 g/mol. The Bertz CT molecular complexity index is 679. The molecule has 4 N–H and O–H groups in total. The van der Waals surface area contributed by atoms with Crippen molar-refractivity contribution in [1.82, 2.24) is 16.0 Å². The highest BCUT2D eigenvalue weighted by Gasteiger charge is 2.30. The van der Waals surface area contributed by atoms with Gasteiger partial charge in [0.2, 0.25) is 5.91 Å². The maximum atomic E-state index is 12.2. The van der Waals surface area contributed by atoms with Gasteiger partial charge < -0.3 is 26.0 Å². The first kappa shape index (κ1) is 24.3. The molecule has 0 atom stereocenters. The minimum Gasteiger partial charge on any atom is -0.444 e. The third-order valence-corrected chi connectivity index (χ3v) is 4.41. The zero-order chi connectivity index (χ0) is 21.9. The molecule has 0 saturated heterocycles. The van der Waals surface area contributed by atoms with Gasteiger partial charge in [0.15, 0.2) is 5.96 Å². The van der Waals surface area contributed by atoms with Gasteiger partial charge in [-0.1, -0.05) is 32.0 Å². The number of para-hydroxylation sites is 1. The van der Waals surface area contributed by atoms with Gasteiger partial charge in [0.05, 0.1) is 12.1 Å². The van der Waals surface area contributed by atoms with E-state index in [0.29, 0.717) is 25.3 Å². The molecule has 8 heteroatoms. The predicted molar refractivity (Wildman–Crippen MR) is 117 cm³/mol. The number of nitrogens with one attached hydrogen (secondary N) is 4. The van der Waals surface area contributed by atoms with Gasteiger partial charge in [-0.15, -0.1) is 0 Å². The van der Waals surface area contributed by atoms with E-state index >= 15 is 0 Å². The second-order valence-corrected chi connectivity index (χ2v) is 7.81. The summed E-state index contributed by atoms with van der Waals surface area (Å²) in [5, 5.41) is 12.0. The van der Waals surface area contributed by atoms with Crippen LogP contribution in [-0.2, 0) is 9.53 Å². The van der Waals surface area contributed by atoms with Crippen LogP contribution in [0.3, 0.4) is 0 Å². The van der Waals surface area contributed by atoms with Gasteiger partial charge in [-0.25, -0.2) is 4.79 Å². The first-order chi connectivity index (χ1) is 13.6. The summed E-state index contributed by atoms with van der Waals surface area (Å²) in [7, 11) is 1.63. The molecular weight excluding hydrogens is 370 g/mol. The maximum Gasteiger partial charge on any atom is 0.408 e. The third kappa shape index (κ3) is 9.32. The number of rotatable bonds is 8. The second-order valence-electron chi connectivity index (χ2n) is 7.81. The Morgan fingerprint density at radius 1 is 1.03 bits per heavy atom. The van der Waals surface area contributed by atoms with Crippen LogP contribution in [0.1, 0.15) is 47.5 Å². The van der Waals surface area contributed by atoms with Crippen molar-refractivity contribution in [3.8, 4) is 0 Å². The number of ether oxygens (including phenoxy) is 1. The predicted octanol–water partition coefficient (Wildman–Crippen LogP) is 2.87. The molecule has 0 aromatic heterocycles. The number of nitrogens with zero attached hydrogens (tertiary/aromatic N) is 1. The van der Waals surface area contributed by atoms with Crippen LogP contribution in [0.5, 0.6) is 0 Å². The minimum atomic E-state index is -0.561. The molecular formula is C21H35N5O3. The maximum absolute atomic E-state index is 12.2. The fourth-order valence-corrected chi connectivity index (χ4v) is 2.61. The fourth-order valence-electron chi connectivity index (χ4n) is 2.61. The fraction of sp³-hybridized carbons (Fsp3) is 0.571. The normalized spacial score (nSPS) is 12.1. The summed E-state index contributed by atoms with van der Waals surface area (Å²) < 4.78 is 5.39. The van der Waals surface area contributed by atoms with E-state index in [0.717, 1.165) is 5.69 Å². The Morgan fingerprint density at radius 2 is 1.66 bits per heavy atom. The number of carbonyl (C=O) groups is 2. The molecule has 8 nitrogen and oxygen atoms in total. The molecule has 0 aliphatic heterocycles. The van der Waals surface area contributed by atoms with Crippen molar-refractivity contribution >= 4 is 23.6 Å². The zero-order valence-electron chi connectivity index (χ0n) is 18.4. The lowest BCUT2D eigenvalue weighted by Gasteiger charge is -2.34. The average Bonchev–Trinajstić information content (AvgIpc) is 2.66. The van der Waals surface area contributed by atoms with E-state index in [4.69, 9.17) is 4.74 Å². The molecule has 1 aromatic carbocycles. The number of carbonyl (C=O) groups excluding carboxylic acids is 2. The molecule has 0 fully saturated rings. The molecule has 0 heterocycles. The van der Waals surface area contributed by atoms with Crippen LogP contribution in [0.4, 0.5) is 10.5 Å². The van der Waals surface area contributed by atoms with Gasteiger partial charge in [0, 0.05) is 19.3 Å². The largest absolute Gasteiger partial charge is 0.444 e. The van der Waals surface area contributed by atoms with Crippen molar-refractivity contribution in [2.75, 3.05) is 25.5 Å². The molecule has 29 heavy (non-hydrogen) atoms. The number of guanidine groups is 1. The van der Waals surface area contributed by atoms with Gasteiger partial charge >= 0.3 is 6.09 Å². The van der Waals surface area contributed by atoms with Gasteiger partial charge in [-0.05, 0) is 45.7 Å². The number of hydrogen-bond acceptors (Lipinski definition) is 4. The quantitative estimate of drug-likeness (QED) is 0.393. The van der Waals surface area contributed by atoms with Crippen molar-refractivity contribution in [3.63, 3.8) is 0 Å². The Balaban J connectivity index is 2.58. The molecule has 2 amide bonds. The van der Waals surface area contributed by atoms with Crippen LogP contribution in [0.2, 0.25) is 0 Å². The minimum absolute atomic E-state index is 0.0688. The molecule has 0 saturated carbocycles. The van der Waals surface area contributed by atoms with Gasteiger partial charge in [0.1, 0.15) is 5.60 Å². The summed E-state index contributed by atoms with van der Waals surface area (Å²) in [6.07, 6.45) is 0.968. The summed E-state index contributed by atoms with van der Waals surface area (Å²) in [5.74, 6) is 0.300. The number of hydrogen-bond donors (Lipinski definition) is 4. The summed E-state index contributed by atoms with van der Waals surface area (Å²) >= 11 is 0. The smallest absolute Gasteiger partial charge is 0.408 e. The van der Waals surface area contributed by atoms with E-state index < -0.39 is 17.2 Å². The summed E-state index contributed by atoms with van der Waals surface area (Å²) in [6.45, 7) is 10.0. The highest BCUT2D eigenvalue weighted by molar-refractivity contribution is 5.94. The first-order valence-electron chi connectivity index (χ1n) is 9.93. The van der Waals surface area contributed by atoms with E-state index in [9.17, 15) is 9.59 Å². The molecule has 0 aliphatic rings. The lowest BCUT2D eigenvalue weighted by atomic mass is 9.93. The Hall–Kier alpha value is -2.77. The lowest BCUT2D eigenvalue weighted by molar-refractivity contribution is -0.115. The molecule has 0 unspecified atom stereocenters. The van der Waals surface area contributed by atoms with Crippen LogP contribution in [-0.4, -0.2) is 49.2 Å². The van der Waals surface area contributed by atoms with E-state index in [1.165, 1.54) is 0 Å². The molecule has 0 radical (unpaired) electrons. The third-order valence-electron chi connectivity index (χ3n) is 4.41. The number of anilines is 1. The molecule has 1 rings (SSSR count). The number of alkyl carbamates (subject to hydrolysis) is 1. The van der Waals surface area contributed by atoms with Crippen LogP contribution < -0.4 is 21.3 Å². The molecule has 1 aromatic rings. The molecule has 0 spiro atoms. The standard InChI is InChI=1S/C21H35N5O3/c1-7-21(8-2,26-19(28)29-20(3,4)5)15-24-18(22-6)23-14-17(27)25-16-12-10-9-11-13-16/h9-13H,7-8,14-15H2,1-6H3,(H,25,27)(H,26,28)(H2,22,23,24). The van der Waals surface area contributed by atoms with Crippen molar-refractivity contribution < 1.29 is 14.3 Å². The van der Waals surface area contributed by atoms with Crippen molar-refractivity contribution in [1.29, 1.82) is 0 Å². The van der Waals surface area contributed by atoms with Crippen LogP contribution in [0, 0.1) is 0 Å². The zero-order valence-corrected chi connectivity index (χ0v) is 18.4. The van der Waals surface area contributed by atoms with Gasteiger partial charge in [-0.2, -0.15) is 0 Å². The number of amides is 2. The van der Waals surface area contributed by atoms with Crippen molar-refractivity contribution in [3.05, 3.63) is 30.3 Å². The Labute approximate surface area is 173 Å².